The number of halogens is 3. The Hall–Kier alpha value is -2.62. The van der Waals surface area contributed by atoms with Crippen molar-refractivity contribution in [3.63, 3.8) is 0 Å². The number of likely N-dealkylation sites (tertiary alicyclic amines) is 2. The number of carbonyl (C=O) groups is 1. The Balaban J connectivity index is 1.24. The number of amides is 2. The van der Waals surface area contributed by atoms with Crippen LogP contribution in [-0.4, -0.2) is 70.5 Å². The lowest BCUT2D eigenvalue weighted by atomic mass is 9.84. The molecule has 2 aromatic carbocycles. The molecule has 34 heavy (non-hydrogen) atoms. The van der Waals surface area contributed by atoms with Crippen molar-refractivity contribution >= 4 is 11.7 Å². The summed E-state index contributed by atoms with van der Waals surface area (Å²) in [7, 11) is 0. The maximum absolute atomic E-state index is 13.3. The number of piperidine rings is 2. The minimum absolute atomic E-state index is 0.0207. The molecule has 0 aliphatic carbocycles. The van der Waals surface area contributed by atoms with Gasteiger partial charge in [-0.2, -0.15) is 0 Å². The predicted octanol–water partition coefficient (Wildman–Crippen LogP) is 3.70. The summed E-state index contributed by atoms with van der Waals surface area (Å²) in [5, 5.41) is 24.3. The topological polar surface area (TPSA) is 76.0 Å². The van der Waals surface area contributed by atoms with Crippen LogP contribution in [0.15, 0.2) is 42.5 Å². The van der Waals surface area contributed by atoms with Gasteiger partial charge in [-0.3, -0.25) is 0 Å². The summed E-state index contributed by atoms with van der Waals surface area (Å²) in [5.41, 5.74) is -0.172. The molecule has 1 atom stereocenters. The van der Waals surface area contributed by atoms with Gasteiger partial charge in [0.25, 0.3) is 0 Å². The molecule has 4 rings (SSSR count). The molecule has 0 radical (unpaired) electrons. The standard InChI is InChI=1S/C25H30F3N3O3/c26-19-3-1-17(2-4-19)18-5-9-30(10-6-18)16-23(32)25(34)7-11-31(12-8-25)24(33)29-22-14-20(27)13-21(28)15-22/h1-4,13-15,18,23,32,34H,5-12,16H2,(H,29,33). The average molecular weight is 478 g/mol. The van der Waals surface area contributed by atoms with E-state index < -0.39 is 29.4 Å². The van der Waals surface area contributed by atoms with Gasteiger partial charge in [0.2, 0.25) is 0 Å². The van der Waals surface area contributed by atoms with E-state index in [1.54, 1.807) is 0 Å². The molecule has 0 bridgehead atoms. The van der Waals surface area contributed by atoms with E-state index in [2.05, 4.69) is 10.2 Å². The minimum atomic E-state index is -1.31. The van der Waals surface area contributed by atoms with E-state index in [1.165, 1.54) is 17.0 Å². The highest BCUT2D eigenvalue weighted by Crippen LogP contribution is 2.31. The van der Waals surface area contributed by atoms with Gasteiger partial charge >= 0.3 is 6.03 Å². The number of benzene rings is 2. The van der Waals surface area contributed by atoms with Crippen LogP contribution in [0.4, 0.5) is 23.7 Å². The third-order valence-corrected chi connectivity index (χ3v) is 7.01. The van der Waals surface area contributed by atoms with Crippen LogP contribution in [0.1, 0.15) is 37.2 Å². The second kappa shape index (κ2) is 10.3. The highest BCUT2D eigenvalue weighted by atomic mass is 19.1. The minimum Gasteiger partial charge on any atom is -0.389 e. The lowest BCUT2D eigenvalue weighted by Gasteiger charge is -2.43. The van der Waals surface area contributed by atoms with E-state index in [0.29, 0.717) is 12.5 Å². The Morgan fingerprint density at radius 3 is 2.15 bits per heavy atom. The van der Waals surface area contributed by atoms with Crippen molar-refractivity contribution in [2.45, 2.75) is 43.3 Å². The summed E-state index contributed by atoms with van der Waals surface area (Å²) < 4.78 is 39.8. The van der Waals surface area contributed by atoms with Crippen molar-refractivity contribution in [3.05, 3.63) is 65.5 Å². The highest BCUT2D eigenvalue weighted by Gasteiger charge is 2.41. The van der Waals surface area contributed by atoms with E-state index in [-0.39, 0.29) is 37.4 Å². The number of nitrogens with zero attached hydrogens (tertiary/aromatic N) is 2. The zero-order chi connectivity index (χ0) is 24.3. The number of carbonyl (C=O) groups excluding carboxylic acids is 1. The molecule has 2 aliphatic heterocycles. The third-order valence-electron chi connectivity index (χ3n) is 7.01. The van der Waals surface area contributed by atoms with Gasteiger partial charge in [0.1, 0.15) is 17.5 Å². The molecule has 3 N–H and O–H groups in total. The number of anilines is 1. The molecule has 2 saturated heterocycles. The molecule has 184 valence electrons. The zero-order valence-electron chi connectivity index (χ0n) is 18.9. The first-order chi connectivity index (χ1) is 16.2. The van der Waals surface area contributed by atoms with Gasteiger partial charge < -0.3 is 25.3 Å². The predicted molar refractivity (Wildman–Crippen MR) is 122 cm³/mol. The van der Waals surface area contributed by atoms with Gasteiger partial charge in [-0.15, -0.1) is 0 Å². The first-order valence-corrected chi connectivity index (χ1v) is 11.6. The van der Waals surface area contributed by atoms with Crippen molar-refractivity contribution in [1.82, 2.24) is 9.80 Å². The van der Waals surface area contributed by atoms with Crippen molar-refractivity contribution in [2.75, 3.05) is 38.0 Å². The number of hydrogen-bond donors (Lipinski definition) is 3. The zero-order valence-corrected chi connectivity index (χ0v) is 18.9. The number of aliphatic hydroxyl groups is 2. The largest absolute Gasteiger partial charge is 0.389 e. The Labute approximate surface area is 197 Å². The second-order valence-corrected chi connectivity index (χ2v) is 9.32. The molecule has 2 fully saturated rings. The van der Waals surface area contributed by atoms with Crippen LogP contribution in [0, 0.1) is 17.5 Å². The number of hydrogen-bond acceptors (Lipinski definition) is 4. The van der Waals surface area contributed by atoms with E-state index in [0.717, 1.165) is 49.7 Å². The van der Waals surface area contributed by atoms with Crippen LogP contribution in [0.3, 0.4) is 0 Å². The average Bonchev–Trinajstić information content (AvgIpc) is 2.80. The van der Waals surface area contributed by atoms with Gasteiger partial charge in [-0.1, -0.05) is 12.1 Å². The second-order valence-electron chi connectivity index (χ2n) is 9.32. The molecule has 1 unspecified atom stereocenters. The number of rotatable bonds is 5. The first kappa shape index (κ1) is 24.5. The summed E-state index contributed by atoms with van der Waals surface area (Å²) in [5.74, 6) is -1.46. The van der Waals surface area contributed by atoms with Crippen LogP contribution >= 0.6 is 0 Å². The number of nitrogens with one attached hydrogen (secondary N) is 1. The fourth-order valence-electron chi connectivity index (χ4n) is 4.86. The van der Waals surface area contributed by atoms with E-state index in [1.807, 2.05) is 12.1 Å². The molecule has 2 heterocycles. The fraction of sp³-hybridized carbons (Fsp3) is 0.480. The van der Waals surface area contributed by atoms with Crippen molar-refractivity contribution in [3.8, 4) is 0 Å². The van der Waals surface area contributed by atoms with Gasteiger partial charge in [0, 0.05) is 31.4 Å². The number of β-amino-alcohol motifs (C(OH)–C–C–N with tert-alkyl or cyclic N) is 1. The molecular formula is C25H30F3N3O3. The summed E-state index contributed by atoms with van der Waals surface area (Å²) in [4.78, 5) is 16.0. The Kier molecular flexibility index (Phi) is 7.45. The molecule has 0 saturated carbocycles. The number of aliphatic hydroxyl groups excluding tert-OH is 1. The molecule has 2 aromatic rings. The quantitative estimate of drug-likeness (QED) is 0.614. The summed E-state index contributed by atoms with van der Waals surface area (Å²) in [6, 6.07) is 8.87. The molecule has 9 heteroatoms. The van der Waals surface area contributed by atoms with Crippen molar-refractivity contribution < 1.29 is 28.2 Å². The maximum atomic E-state index is 13.3. The Morgan fingerprint density at radius 2 is 1.56 bits per heavy atom. The first-order valence-electron chi connectivity index (χ1n) is 11.6. The van der Waals surface area contributed by atoms with Crippen LogP contribution < -0.4 is 5.32 Å². The van der Waals surface area contributed by atoms with Crippen LogP contribution in [-0.2, 0) is 0 Å². The SMILES string of the molecule is O=C(Nc1cc(F)cc(F)c1)N1CCC(O)(C(O)CN2CCC(c3ccc(F)cc3)CC2)CC1. The molecular weight excluding hydrogens is 447 g/mol. The lowest BCUT2D eigenvalue weighted by molar-refractivity contribution is -0.113. The van der Waals surface area contributed by atoms with E-state index in [4.69, 9.17) is 0 Å². The maximum Gasteiger partial charge on any atom is 0.321 e. The number of urea groups is 1. The monoisotopic (exact) mass is 477 g/mol. The van der Waals surface area contributed by atoms with Crippen LogP contribution in [0.5, 0.6) is 0 Å². The Bertz CT molecular complexity index is 968. The third kappa shape index (κ3) is 5.89. The molecule has 6 nitrogen and oxygen atoms in total. The van der Waals surface area contributed by atoms with Gasteiger partial charge in [0.15, 0.2) is 0 Å². The molecule has 0 aromatic heterocycles. The van der Waals surface area contributed by atoms with Crippen molar-refractivity contribution in [1.29, 1.82) is 0 Å². The van der Waals surface area contributed by atoms with Gasteiger partial charge in [0.05, 0.1) is 11.7 Å². The molecule has 2 amide bonds. The molecule has 0 spiro atoms. The highest BCUT2D eigenvalue weighted by molar-refractivity contribution is 5.89. The summed E-state index contributed by atoms with van der Waals surface area (Å²) in [6.07, 6.45) is 1.23. The van der Waals surface area contributed by atoms with E-state index >= 15 is 0 Å². The lowest BCUT2D eigenvalue weighted by Crippen LogP contribution is -2.56. The van der Waals surface area contributed by atoms with Gasteiger partial charge in [-0.25, -0.2) is 18.0 Å². The van der Waals surface area contributed by atoms with Crippen LogP contribution in [0.2, 0.25) is 0 Å². The van der Waals surface area contributed by atoms with Gasteiger partial charge in [-0.05, 0) is 74.5 Å². The van der Waals surface area contributed by atoms with E-state index in [9.17, 15) is 28.2 Å². The fourth-order valence-corrected chi connectivity index (χ4v) is 4.86. The molecule has 2 aliphatic rings. The summed E-state index contributed by atoms with van der Waals surface area (Å²) >= 11 is 0. The van der Waals surface area contributed by atoms with Crippen LogP contribution in [0.25, 0.3) is 0 Å². The van der Waals surface area contributed by atoms with Crippen molar-refractivity contribution in [2.24, 2.45) is 0 Å². The smallest absolute Gasteiger partial charge is 0.321 e. The normalized spacial score (nSPS) is 20.2. The summed E-state index contributed by atoms with van der Waals surface area (Å²) in [6.45, 7) is 2.30. The Morgan fingerprint density at radius 1 is 0.971 bits per heavy atom.